The van der Waals surface area contributed by atoms with Crippen LogP contribution in [0.15, 0.2) is 60.8 Å². The van der Waals surface area contributed by atoms with Crippen molar-refractivity contribution in [3.63, 3.8) is 0 Å². The molecule has 1 heterocycles. The van der Waals surface area contributed by atoms with Gasteiger partial charge in [0.15, 0.2) is 0 Å². The van der Waals surface area contributed by atoms with Crippen LogP contribution >= 0.6 is 0 Å². The maximum absolute atomic E-state index is 13.3. The second-order valence-electron chi connectivity index (χ2n) is 5.36. The van der Waals surface area contributed by atoms with Crippen LogP contribution in [0.25, 0.3) is 28.6 Å². The number of methoxy groups -OCH3 is 1. The summed E-state index contributed by atoms with van der Waals surface area (Å²) in [6, 6.07) is 11.7. The summed E-state index contributed by atoms with van der Waals surface area (Å²) in [6.45, 7) is 0. The number of benzene rings is 2. The van der Waals surface area contributed by atoms with E-state index in [1.54, 1.807) is 24.3 Å². The molecule has 130 valence electrons. The Bertz CT molecular complexity index is 953. The maximum atomic E-state index is 13.3. The smallest absolute Gasteiger partial charge is 0.330 e. The zero-order valence-corrected chi connectivity index (χ0v) is 13.8. The molecule has 3 aromatic rings. The molecule has 0 N–H and O–H groups in total. The summed E-state index contributed by atoms with van der Waals surface area (Å²) >= 11 is 0. The van der Waals surface area contributed by atoms with E-state index in [4.69, 9.17) is 0 Å². The van der Waals surface area contributed by atoms with Crippen molar-refractivity contribution in [1.29, 1.82) is 0 Å². The van der Waals surface area contributed by atoms with Crippen LogP contribution in [0, 0.1) is 11.6 Å². The molecule has 0 aliphatic carbocycles. The molecule has 0 saturated heterocycles. The number of esters is 1. The second kappa shape index (κ2) is 7.65. The summed E-state index contributed by atoms with van der Waals surface area (Å²) in [4.78, 5) is 20.2. The van der Waals surface area contributed by atoms with Gasteiger partial charge >= 0.3 is 5.97 Å². The number of carbonyl (C=O) groups is 1. The van der Waals surface area contributed by atoms with Crippen molar-refractivity contribution in [2.24, 2.45) is 0 Å². The SMILES string of the molecule is COC(=O)/C=C/c1cnc(-c2ccc(F)cc2)c(-c2ccc(F)cc2)n1. The third-order valence-corrected chi connectivity index (χ3v) is 3.62. The molecule has 0 aliphatic heterocycles. The van der Waals surface area contributed by atoms with Crippen LogP contribution < -0.4 is 0 Å². The topological polar surface area (TPSA) is 52.1 Å². The van der Waals surface area contributed by atoms with Crippen molar-refractivity contribution in [3.8, 4) is 22.5 Å². The summed E-state index contributed by atoms with van der Waals surface area (Å²) < 4.78 is 31.0. The molecule has 26 heavy (non-hydrogen) atoms. The lowest BCUT2D eigenvalue weighted by molar-refractivity contribution is -0.134. The van der Waals surface area contributed by atoms with Crippen LogP contribution in [0.1, 0.15) is 5.69 Å². The fourth-order valence-electron chi connectivity index (χ4n) is 2.33. The van der Waals surface area contributed by atoms with Crippen molar-refractivity contribution in [2.75, 3.05) is 7.11 Å². The molecular weight excluding hydrogens is 338 g/mol. The quantitative estimate of drug-likeness (QED) is 0.520. The van der Waals surface area contributed by atoms with E-state index in [1.807, 2.05) is 0 Å². The zero-order valence-electron chi connectivity index (χ0n) is 13.8. The number of aromatic nitrogens is 2. The minimum atomic E-state index is -0.516. The highest BCUT2D eigenvalue weighted by Crippen LogP contribution is 2.29. The fraction of sp³-hybridized carbons (Fsp3) is 0.0500. The average Bonchev–Trinajstić information content (AvgIpc) is 2.67. The molecule has 1 aromatic heterocycles. The molecule has 0 radical (unpaired) electrons. The Morgan fingerprint density at radius 3 is 2.00 bits per heavy atom. The van der Waals surface area contributed by atoms with Crippen LogP contribution in [0.4, 0.5) is 8.78 Å². The lowest BCUT2D eigenvalue weighted by atomic mass is 10.0. The lowest BCUT2D eigenvalue weighted by Crippen LogP contribution is -1.97. The van der Waals surface area contributed by atoms with E-state index in [0.717, 1.165) is 0 Å². The number of rotatable bonds is 4. The lowest BCUT2D eigenvalue weighted by Gasteiger charge is -2.09. The van der Waals surface area contributed by atoms with Crippen molar-refractivity contribution in [1.82, 2.24) is 9.97 Å². The van der Waals surface area contributed by atoms with Crippen LogP contribution in [-0.4, -0.2) is 23.0 Å². The Morgan fingerprint density at radius 2 is 1.46 bits per heavy atom. The third-order valence-electron chi connectivity index (χ3n) is 3.62. The Hall–Kier alpha value is -3.41. The molecule has 3 rings (SSSR count). The number of ether oxygens (including phenoxy) is 1. The summed E-state index contributed by atoms with van der Waals surface area (Å²) in [6.07, 6.45) is 4.20. The standard InChI is InChI=1S/C20H14F2N2O2/c1-26-18(25)11-10-17-12-23-19(13-2-6-15(21)7-3-13)20(24-17)14-4-8-16(22)9-5-14/h2-12H,1H3/b11-10+. The van der Waals surface area contributed by atoms with Gasteiger partial charge < -0.3 is 4.74 Å². The van der Waals surface area contributed by atoms with Crippen LogP contribution in [0.3, 0.4) is 0 Å². The molecule has 0 atom stereocenters. The van der Waals surface area contributed by atoms with Gasteiger partial charge in [-0.2, -0.15) is 0 Å². The largest absolute Gasteiger partial charge is 0.466 e. The van der Waals surface area contributed by atoms with Crippen LogP contribution in [0.2, 0.25) is 0 Å². The highest BCUT2D eigenvalue weighted by Gasteiger charge is 2.12. The van der Waals surface area contributed by atoms with Gasteiger partial charge in [-0.05, 0) is 54.6 Å². The fourth-order valence-corrected chi connectivity index (χ4v) is 2.33. The third kappa shape index (κ3) is 3.97. The van der Waals surface area contributed by atoms with Gasteiger partial charge in [0, 0.05) is 17.2 Å². The molecule has 0 fully saturated rings. The Balaban J connectivity index is 2.11. The number of hydrogen-bond donors (Lipinski definition) is 0. The zero-order chi connectivity index (χ0) is 18.5. The van der Waals surface area contributed by atoms with Gasteiger partial charge in [0.1, 0.15) is 11.6 Å². The van der Waals surface area contributed by atoms with E-state index in [2.05, 4.69) is 14.7 Å². The Kier molecular flexibility index (Phi) is 5.12. The van der Waals surface area contributed by atoms with Gasteiger partial charge in [-0.25, -0.2) is 18.6 Å². The normalized spacial score (nSPS) is 10.9. The molecule has 0 bridgehead atoms. The van der Waals surface area contributed by atoms with E-state index in [9.17, 15) is 13.6 Å². The molecule has 0 spiro atoms. The average molecular weight is 352 g/mol. The van der Waals surface area contributed by atoms with Gasteiger partial charge in [-0.1, -0.05) is 0 Å². The molecule has 0 aliphatic rings. The van der Waals surface area contributed by atoms with Gasteiger partial charge in [0.05, 0.1) is 30.4 Å². The number of carbonyl (C=O) groups excluding carboxylic acids is 1. The molecule has 4 nitrogen and oxygen atoms in total. The predicted molar refractivity (Wildman–Crippen MR) is 93.9 cm³/mol. The van der Waals surface area contributed by atoms with Gasteiger partial charge in [-0.3, -0.25) is 4.98 Å². The summed E-state index contributed by atoms with van der Waals surface area (Å²) in [5.41, 5.74) is 2.75. The second-order valence-corrected chi connectivity index (χ2v) is 5.36. The van der Waals surface area contributed by atoms with Crippen molar-refractivity contribution < 1.29 is 18.3 Å². The van der Waals surface area contributed by atoms with Crippen molar-refractivity contribution in [2.45, 2.75) is 0 Å². The van der Waals surface area contributed by atoms with Gasteiger partial charge in [0.25, 0.3) is 0 Å². The molecular formula is C20H14F2N2O2. The maximum Gasteiger partial charge on any atom is 0.330 e. The Morgan fingerprint density at radius 1 is 0.923 bits per heavy atom. The van der Waals surface area contributed by atoms with Crippen molar-refractivity contribution >= 4 is 12.0 Å². The first-order valence-corrected chi connectivity index (χ1v) is 7.72. The van der Waals surface area contributed by atoms with E-state index in [1.165, 1.54) is 49.7 Å². The minimum absolute atomic E-state index is 0.359. The number of halogens is 2. The van der Waals surface area contributed by atoms with Crippen molar-refractivity contribution in [3.05, 3.63) is 78.1 Å². The summed E-state index contributed by atoms with van der Waals surface area (Å²) in [5, 5.41) is 0. The van der Waals surface area contributed by atoms with E-state index >= 15 is 0 Å². The molecule has 0 unspecified atom stereocenters. The summed E-state index contributed by atoms with van der Waals surface area (Å²) in [5.74, 6) is -1.24. The monoisotopic (exact) mass is 352 g/mol. The first kappa shape index (κ1) is 17.4. The first-order valence-electron chi connectivity index (χ1n) is 7.72. The highest BCUT2D eigenvalue weighted by molar-refractivity contribution is 5.87. The van der Waals surface area contributed by atoms with E-state index in [-0.39, 0.29) is 11.6 Å². The summed E-state index contributed by atoms with van der Waals surface area (Å²) in [7, 11) is 1.28. The van der Waals surface area contributed by atoms with Crippen LogP contribution in [0.5, 0.6) is 0 Å². The minimum Gasteiger partial charge on any atom is -0.466 e. The first-order chi connectivity index (χ1) is 12.6. The molecule has 2 aromatic carbocycles. The molecule has 6 heteroatoms. The van der Waals surface area contributed by atoms with Crippen LogP contribution in [-0.2, 0) is 9.53 Å². The molecule has 0 amide bonds. The van der Waals surface area contributed by atoms with E-state index < -0.39 is 5.97 Å². The van der Waals surface area contributed by atoms with Gasteiger partial charge in [0.2, 0.25) is 0 Å². The number of hydrogen-bond acceptors (Lipinski definition) is 4. The highest BCUT2D eigenvalue weighted by atomic mass is 19.1. The van der Waals surface area contributed by atoms with Gasteiger partial charge in [-0.15, -0.1) is 0 Å². The predicted octanol–water partition coefficient (Wildman–Crippen LogP) is 4.28. The Labute approximate surface area is 148 Å². The number of nitrogens with zero attached hydrogens (tertiary/aromatic N) is 2. The molecule has 0 saturated carbocycles. The van der Waals surface area contributed by atoms with E-state index in [0.29, 0.717) is 28.2 Å².